The van der Waals surface area contributed by atoms with E-state index < -0.39 is 10.0 Å². The van der Waals surface area contributed by atoms with Crippen LogP contribution in [0.25, 0.3) is 0 Å². The number of nitrogens with zero attached hydrogens (tertiary/aromatic N) is 2. The number of amides is 1. The zero-order valence-corrected chi connectivity index (χ0v) is 15.6. The molecule has 26 heavy (non-hydrogen) atoms. The van der Waals surface area contributed by atoms with E-state index in [0.29, 0.717) is 30.7 Å². The minimum Gasteiger partial charge on any atom is -0.337 e. The van der Waals surface area contributed by atoms with Gasteiger partial charge in [0.05, 0.1) is 10.5 Å². The number of nitrogens with one attached hydrogen (secondary N) is 1. The van der Waals surface area contributed by atoms with Crippen LogP contribution in [-0.4, -0.2) is 48.4 Å². The van der Waals surface area contributed by atoms with Gasteiger partial charge in [0.2, 0.25) is 0 Å². The van der Waals surface area contributed by atoms with Crippen molar-refractivity contribution in [3.8, 4) is 0 Å². The first-order valence-corrected chi connectivity index (χ1v) is 10.4. The van der Waals surface area contributed by atoms with E-state index in [1.54, 1.807) is 30.3 Å². The highest BCUT2D eigenvalue weighted by molar-refractivity contribution is 7.90. The largest absolute Gasteiger partial charge is 0.337 e. The molecule has 4 rings (SSSR count). The summed E-state index contributed by atoms with van der Waals surface area (Å²) < 4.78 is 26.6. The SMILES string of the molecule is Cc1ccc(S(=O)(=O)n2ccc(C(=O)N3CCC4CCC(C3)N4)c2)cc1. The van der Waals surface area contributed by atoms with Crippen LogP contribution in [0.5, 0.6) is 0 Å². The monoisotopic (exact) mass is 373 g/mol. The first kappa shape index (κ1) is 17.3. The standard InChI is InChI=1S/C19H23N3O3S/c1-14-2-6-18(7-3-14)26(24,25)22-11-8-15(12-22)19(23)21-10-9-16-4-5-17(13-21)20-16/h2-3,6-8,11-12,16-17,20H,4-5,9-10,13H2,1H3. The molecule has 2 atom stereocenters. The van der Waals surface area contributed by atoms with Gasteiger partial charge in [0.1, 0.15) is 0 Å². The smallest absolute Gasteiger partial charge is 0.267 e. The number of carbonyl (C=O) groups is 1. The van der Waals surface area contributed by atoms with E-state index in [2.05, 4.69) is 5.32 Å². The molecule has 0 radical (unpaired) electrons. The molecular formula is C19H23N3O3S. The van der Waals surface area contributed by atoms with Crippen LogP contribution in [0, 0.1) is 6.92 Å². The average Bonchev–Trinajstić information content (AvgIpc) is 3.22. The molecule has 6 nitrogen and oxygen atoms in total. The third-order valence-electron chi connectivity index (χ3n) is 5.32. The molecule has 1 aromatic carbocycles. The van der Waals surface area contributed by atoms with Gasteiger partial charge in [-0.2, -0.15) is 0 Å². The van der Waals surface area contributed by atoms with Crippen LogP contribution in [0.4, 0.5) is 0 Å². The molecule has 138 valence electrons. The van der Waals surface area contributed by atoms with Crippen LogP contribution >= 0.6 is 0 Å². The lowest BCUT2D eigenvalue weighted by Crippen LogP contribution is -2.38. The molecule has 1 N–H and O–H groups in total. The Morgan fingerprint density at radius 2 is 1.81 bits per heavy atom. The van der Waals surface area contributed by atoms with E-state index in [4.69, 9.17) is 0 Å². The highest BCUT2D eigenvalue weighted by atomic mass is 32.2. The third kappa shape index (κ3) is 3.17. The molecule has 7 heteroatoms. The Balaban J connectivity index is 1.55. The molecule has 1 amide bonds. The van der Waals surface area contributed by atoms with Gasteiger partial charge in [0, 0.05) is 37.6 Å². The summed E-state index contributed by atoms with van der Waals surface area (Å²) in [7, 11) is -3.68. The Bertz CT molecular complexity index is 918. The molecule has 2 aliphatic heterocycles. The Hall–Kier alpha value is -2.12. The van der Waals surface area contributed by atoms with Crippen LogP contribution in [0.1, 0.15) is 35.2 Å². The highest BCUT2D eigenvalue weighted by Gasteiger charge is 2.32. The van der Waals surface area contributed by atoms with Gasteiger partial charge in [0.15, 0.2) is 0 Å². The van der Waals surface area contributed by atoms with Crippen molar-refractivity contribution in [1.82, 2.24) is 14.2 Å². The Morgan fingerprint density at radius 3 is 2.58 bits per heavy atom. The first-order valence-electron chi connectivity index (χ1n) is 8.99. The fourth-order valence-electron chi connectivity index (χ4n) is 3.79. The molecule has 2 bridgehead atoms. The van der Waals surface area contributed by atoms with Crippen molar-refractivity contribution < 1.29 is 13.2 Å². The van der Waals surface area contributed by atoms with Crippen LogP contribution in [0.15, 0.2) is 47.6 Å². The Labute approximate surface area is 153 Å². The summed E-state index contributed by atoms with van der Waals surface area (Å²) >= 11 is 0. The van der Waals surface area contributed by atoms with E-state index in [1.165, 1.54) is 18.8 Å². The maximum atomic E-state index is 12.8. The molecule has 0 saturated carbocycles. The molecule has 0 spiro atoms. The van der Waals surface area contributed by atoms with Gasteiger partial charge in [-0.25, -0.2) is 12.4 Å². The summed E-state index contributed by atoms with van der Waals surface area (Å²) in [6.45, 7) is 3.31. The van der Waals surface area contributed by atoms with Crippen molar-refractivity contribution in [2.75, 3.05) is 13.1 Å². The summed E-state index contributed by atoms with van der Waals surface area (Å²) in [5.41, 5.74) is 1.41. The van der Waals surface area contributed by atoms with E-state index in [9.17, 15) is 13.2 Å². The van der Waals surface area contributed by atoms with Crippen LogP contribution in [0.3, 0.4) is 0 Å². The number of hydrogen-bond donors (Lipinski definition) is 1. The minimum absolute atomic E-state index is 0.0998. The van der Waals surface area contributed by atoms with Crippen molar-refractivity contribution in [2.45, 2.75) is 43.2 Å². The lowest BCUT2D eigenvalue weighted by molar-refractivity contribution is 0.0748. The van der Waals surface area contributed by atoms with Crippen molar-refractivity contribution in [2.24, 2.45) is 0 Å². The number of aromatic nitrogens is 1. The summed E-state index contributed by atoms with van der Waals surface area (Å²) in [5.74, 6) is -0.0998. The van der Waals surface area contributed by atoms with Gasteiger partial charge in [-0.15, -0.1) is 0 Å². The average molecular weight is 373 g/mol. The third-order valence-corrected chi connectivity index (χ3v) is 6.97. The Kier molecular flexibility index (Phi) is 4.36. The lowest BCUT2D eigenvalue weighted by atomic mass is 10.1. The van der Waals surface area contributed by atoms with E-state index in [1.807, 2.05) is 11.8 Å². The number of carbonyl (C=O) groups excluding carboxylic acids is 1. The molecule has 3 heterocycles. The summed E-state index contributed by atoms with van der Waals surface area (Å²) in [6, 6.07) is 9.15. The second kappa shape index (κ2) is 6.55. The van der Waals surface area contributed by atoms with Gasteiger partial charge in [-0.3, -0.25) is 4.79 Å². The van der Waals surface area contributed by atoms with Crippen LogP contribution in [0.2, 0.25) is 0 Å². The van der Waals surface area contributed by atoms with E-state index in [-0.39, 0.29) is 10.8 Å². The Morgan fingerprint density at radius 1 is 1.08 bits per heavy atom. The number of benzene rings is 1. The van der Waals surface area contributed by atoms with E-state index >= 15 is 0 Å². The lowest BCUT2D eigenvalue weighted by Gasteiger charge is -2.23. The topological polar surface area (TPSA) is 71.4 Å². The molecule has 1 aromatic heterocycles. The zero-order chi connectivity index (χ0) is 18.3. The van der Waals surface area contributed by atoms with Gasteiger partial charge >= 0.3 is 0 Å². The maximum absolute atomic E-state index is 12.8. The minimum atomic E-state index is -3.68. The van der Waals surface area contributed by atoms with Crippen LogP contribution < -0.4 is 5.32 Å². The molecule has 0 aliphatic carbocycles. The maximum Gasteiger partial charge on any atom is 0.267 e. The fraction of sp³-hybridized carbons (Fsp3) is 0.421. The van der Waals surface area contributed by atoms with Gasteiger partial charge < -0.3 is 10.2 Å². The summed E-state index contributed by atoms with van der Waals surface area (Å²) in [6.07, 6.45) is 6.10. The highest BCUT2D eigenvalue weighted by Crippen LogP contribution is 2.22. The second-order valence-electron chi connectivity index (χ2n) is 7.23. The fourth-order valence-corrected chi connectivity index (χ4v) is 4.99. The summed E-state index contributed by atoms with van der Waals surface area (Å²) in [5, 5.41) is 3.55. The predicted molar refractivity (Wildman–Crippen MR) is 98.7 cm³/mol. The normalized spacial score (nSPS) is 23.0. The molecule has 2 aromatic rings. The van der Waals surface area contributed by atoms with E-state index in [0.717, 1.165) is 22.4 Å². The molecule has 2 unspecified atom stereocenters. The van der Waals surface area contributed by atoms with Crippen molar-refractivity contribution >= 4 is 15.9 Å². The summed E-state index contributed by atoms with van der Waals surface area (Å²) in [4.78, 5) is 14.9. The van der Waals surface area contributed by atoms with Gasteiger partial charge in [0.25, 0.3) is 15.9 Å². The number of hydrogen-bond acceptors (Lipinski definition) is 4. The van der Waals surface area contributed by atoms with Crippen LogP contribution in [-0.2, 0) is 10.0 Å². The van der Waals surface area contributed by atoms with Crippen molar-refractivity contribution in [1.29, 1.82) is 0 Å². The molecule has 2 fully saturated rings. The van der Waals surface area contributed by atoms with Gasteiger partial charge in [-0.1, -0.05) is 17.7 Å². The van der Waals surface area contributed by atoms with Crippen molar-refractivity contribution in [3.63, 3.8) is 0 Å². The predicted octanol–water partition coefficient (Wildman–Crippen LogP) is 2.00. The number of aryl methyl sites for hydroxylation is 1. The number of rotatable bonds is 3. The number of likely N-dealkylation sites (tertiary alicyclic amines) is 1. The first-order chi connectivity index (χ1) is 12.4. The van der Waals surface area contributed by atoms with Crippen molar-refractivity contribution in [3.05, 3.63) is 53.9 Å². The molecule has 2 saturated heterocycles. The second-order valence-corrected chi connectivity index (χ2v) is 9.07. The van der Waals surface area contributed by atoms with Gasteiger partial charge in [-0.05, 0) is 44.4 Å². The molecule has 2 aliphatic rings. The quantitative estimate of drug-likeness (QED) is 0.893. The molecular weight excluding hydrogens is 350 g/mol. The number of fused-ring (bicyclic) bond motifs is 2. The zero-order valence-electron chi connectivity index (χ0n) is 14.8.